The van der Waals surface area contributed by atoms with E-state index in [9.17, 15) is 9.59 Å². The van der Waals surface area contributed by atoms with Crippen molar-refractivity contribution < 1.29 is 23.5 Å². The normalized spacial score (nSPS) is 30.8. The summed E-state index contributed by atoms with van der Waals surface area (Å²) in [6, 6.07) is 2.35. The van der Waals surface area contributed by atoms with Gasteiger partial charge in [-0.05, 0) is 81.1 Å². The van der Waals surface area contributed by atoms with Gasteiger partial charge in [0.1, 0.15) is 11.6 Å². The third-order valence-corrected chi connectivity index (χ3v) is 9.91. The van der Waals surface area contributed by atoms with E-state index < -0.39 is 5.82 Å². The van der Waals surface area contributed by atoms with Crippen LogP contribution in [0.15, 0.2) is 17.2 Å². The molecule has 4 unspecified atom stereocenters. The number of amidine groups is 1. The second-order valence-electron chi connectivity index (χ2n) is 12.5. The Hall–Kier alpha value is -3.08. The third-order valence-electron chi connectivity index (χ3n) is 9.91. The van der Waals surface area contributed by atoms with E-state index in [1.165, 1.54) is 25.7 Å². The molecule has 0 aromatic heterocycles. The molecule has 4 fully saturated rings. The second kappa shape index (κ2) is 11.8. The van der Waals surface area contributed by atoms with Gasteiger partial charge < -0.3 is 31.4 Å². The first-order valence-electron chi connectivity index (χ1n) is 14.6. The zero-order valence-electron chi connectivity index (χ0n) is 23.5. The van der Waals surface area contributed by atoms with Crippen molar-refractivity contribution in [1.29, 1.82) is 0 Å². The van der Waals surface area contributed by atoms with Gasteiger partial charge in [-0.15, -0.1) is 0 Å². The number of benzene rings is 1. The number of carbonyl (C=O) groups excluding carboxylic acids is 2. The van der Waals surface area contributed by atoms with Crippen LogP contribution in [0, 0.1) is 34.9 Å². The number of hydrogen-bond acceptors (Lipinski definition) is 7. The van der Waals surface area contributed by atoms with Crippen molar-refractivity contribution in [2.45, 2.75) is 83.3 Å². The standard InChI is InChI=1S/C29H43FN6O4/c1-29(10-3-11-29)15-33-28(38)24-17-4-5-18(12-17)25(24)34-27(37)20-13-23(21(30)14-22(20)39-2)40-19-8-6-16(7-9-19)26(35-31)36-32/h13-14,16-19,24-25H,3-12,15,31-32H2,1-2H3,(H,33,38)(H,34,37)(H,35,36). The van der Waals surface area contributed by atoms with Crippen LogP contribution in [0.2, 0.25) is 0 Å². The van der Waals surface area contributed by atoms with Gasteiger partial charge in [-0.2, -0.15) is 5.10 Å². The predicted molar refractivity (Wildman–Crippen MR) is 149 cm³/mol. The number of nitrogens with one attached hydrogen (secondary N) is 3. The summed E-state index contributed by atoms with van der Waals surface area (Å²) in [7, 11) is 1.41. The highest BCUT2D eigenvalue weighted by atomic mass is 19.1. The number of rotatable bonds is 9. The number of nitrogens with two attached hydrogens (primary N) is 2. The van der Waals surface area contributed by atoms with E-state index in [0.717, 1.165) is 44.9 Å². The van der Waals surface area contributed by atoms with Gasteiger partial charge in [0, 0.05) is 24.6 Å². The van der Waals surface area contributed by atoms with E-state index in [4.69, 9.17) is 21.2 Å². The van der Waals surface area contributed by atoms with E-state index in [0.29, 0.717) is 25.2 Å². The number of hydrogen-bond donors (Lipinski definition) is 5. The highest BCUT2D eigenvalue weighted by Gasteiger charge is 2.51. The van der Waals surface area contributed by atoms with Gasteiger partial charge in [0.05, 0.1) is 24.7 Å². The predicted octanol–water partition coefficient (Wildman–Crippen LogP) is 2.96. The minimum absolute atomic E-state index is 0.00930. The highest BCUT2D eigenvalue weighted by molar-refractivity contribution is 5.98. The number of nitrogens with zero attached hydrogens (tertiary/aromatic N) is 1. The first kappa shape index (κ1) is 28.4. The van der Waals surface area contributed by atoms with Gasteiger partial charge in [0.2, 0.25) is 5.91 Å². The van der Waals surface area contributed by atoms with Crippen LogP contribution in [0.3, 0.4) is 0 Å². The Labute approximate surface area is 235 Å². The first-order valence-corrected chi connectivity index (χ1v) is 14.6. The molecule has 0 heterocycles. The van der Waals surface area contributed by atoms with Gasteiger partial charge in [-0.1, -0.05) is 13.3 Å². The summed E-state index contributed by atoms with van der Waals surface area (Å²) in [5, 5.41) is 10.0. The monoisotopic (exact) mass is 558 g/mol. The highest BCUT2D eigenvalue weighted by Crippen LogP contribution is 2.49. The molecule has 0 spiro atoms. The smallest absolute Gasteiger partial charge is 0.255 e. The van der Waals surface area contributed by atoms with Crippen LogP contribution in [0.4, 0.5) is 4.39 Å². The molecular weight excluding hydrogens is 515 g/mol. The van der Waals surface area contributed by atoms with Crippen LogP contribution in [-0.2, 0) is 4.79 Å². The summed E-state index contributed by atoms with van der Waals surface area (Å²) in [5.74, 6) is 11.0. The van der Waals surface area contributed by atoms with Gasteiger partial charge in [-0.25, -0.2) is 10.2 Å². The Balaban J connectivity index is 1.26. The molecule has 0 aliphatic heterocycles. The van der Waals surface area contributed by atoms with Crippen LogP contribution in [0.25, 0.3) is 0 Å². The molecule has 11 heteroatoms. The molecule has 4 aliphatic carbocycles. The summed E-state index contributed by atoms with van der Waals surface area (Å²) < 4.78 is 26.4. The van der Waals surface area contributed by atoms with E-state index in [1.54, 1.807) is 0 Å². The molecule has 4 atom stereocenters. The number of hydrazine groups is 1. The van der Waals surface area contributed by atoms with E-state index in [1.807, 2.05) is 0 Å². The number of amides is 2. The van der Waals surface area contributed by atoms with Crippen LogP contribution in [0.5, 0.6) is 11.5 Å². The minimum atomic E-state index is -0.593. The topological polar surface area (TPSA) is 153 Å². The lowest BCUT2D eigenvalue weighted by Gasteiger charge is -2.39. The van der Waals surface area contributed by atoms with E-state index >= 15 is 4.39 Å². The Morgan fingerprint density at radius 2 is 1.82 bits per heavy atom. The number of halogens is 1. The summed E-state index contributed by atoms with van der Waals surface area (Å²) in [6.07, 6.45) is 9.00. The van der Waals surface area contributed by atoms with Gasteiger partial charge >= 0.3 is 0 Å². The van der Waals surface area contributed by atoms with Crippen molar-refractivity contribution in [3.8, 4) is 11.5 Å². The van der Waals surface area contributed by atoms with E-state index in [2.05, 4.69) is 28.1 Å². The quantitative estimate of drug-likeness (QED) is 0.135. The lowest BCUT2D eigenvalue weighted by molar-refractivity contribution is -0.128. The van der Waals surface area contributed by atoms with Crippen molar-refractivity contribution in [3.05, 3.63) is 23.5 Å². The largest absolute Gasteiger partial charge is 0.496 e. The number of fused-ring (bicyclic) bond motifs is 2. The van der Waals surface area contributed by atoms with Crippen molar-refractivity contribution in [3.63, 3.8) is 0 Å². The van der Waals surface area contributed by atoms with Crippen LogP contribution < -0.4 is 37.2 Å². The zero-order chi connectivity index (χ0) is 28.4. The summed E-state index contributed by atoms with van der Waals surface area (Å²) in [5.41, 5.74) is 2.92. The average Bonchev–Trinajstić information content (AvgIpc) is 3.55. The van der Waals surface area contributed by atoms with Crippen LogP contribution in [0.1, 0.15) is 81.5 Å². The molecular formula is C29H43FN6O4. The zero-order valence-corrected chi connectivity index (χ0v) is 23.5. The van der Waals surface area contributed by atoms with Crippen LogP contribution in [-0.4, -0.2) is 43.5 Å². The average molecular weight is 559 g/mol. The molecule has 40 heavy (non-hydrogen) atoms. The summed E-state index contributed by atoms with van der Waals surface area (Å²) >= 11 is 0. The number of hydrazone groups is 1. The molecule has 0 radical (unpaired) electrons. The maximum atomic E-state index is 15.0. The molecule has 1 aromatic carbocycles. The number of carbonyl (C=O) groups is 2. The molecule has 220 valence electrons. The van der Waals surface area contributed by atoms with Crippen molar-refractivity contribution in [2.24, 2.45) is 45.9 Å². The molecule has 10 nitrogen and oxygen atoms in total. The number of methoxy groups -OCH3 is 1. The Bertz CT molecular complexity index is 1130. The van der Waals surface area contributed by atoms with Gasteiger partial charge in [-0.3, -0.25) is 9.59 Å². The van der Waals surface area contributed by atoms with Crippen molar-refractivity contribution in [2.75, 3.05) is 13.7 Å². The molecule has 0 saturated heterocycles. The molecule has 1 aromatic rings. The Morgan fingerprint density at radius 1 is 1.10 bits per heavy atom. The molecule has 4 saturated carbocycles. The molecule has 2 amide bonds. The van der Waals surface area contributed by atoms with Crippen LogP contribution >= 0.6 is 0 Å². The lowest BCUT2D eigenvalue weighted by Crippen LogP contribution is -2.51. The second-order valence-corrected chi connectivity index (χ2v) is 12.5. The first-order chi connectivity index (χ1) is 19.2. The Morgan fingerprint density at radius 3 is 2.45 bits per heavy atom. The van der Waals surface area contributed by atoms with Crippen molar-refractivity contribution >= 4 is 17.6 Å². The summed E-state index contributed by atoms with van der Waals surface area (Å²) in [4.78, 5) is 26.9. The van der Waals surface area contributed by atoms with Gasteiger partial charge in [0.25, 0.3) is 5.91 Å². The fourth-order valence-electron chi connectivity index (χ4n) is 7.35. The third kappa shape index (κ3) is 5.70. The maximum Gasteiger partial charge on any atom is 0.255 e. The maximum absolute atomic E-state index is 15.0. The van der Waals surface area contributed by atoms with Crippen molar-refractivity contribution in [1.82, 2.24) is 16.1 Å². The fourth-order valence-corrected chi connectivity index (χ4v) is 7.35. The molecule has 7 N–H and O–H groups in total. The molecule has 5 rings (SSSR count). The summed E-state index contributed by atoms with van der Waals surface area (Å²) in [6.45, 7) is 2.89. The molecule has 2 bridgehead atoms. The molecule has 4 aliphatic rings. The minimum Gasteiger partial charge on any atom is -0.496 e. The Kier molecular flexibility index (Phi) is 8.39. The number of ether oxygens (including phenoxy) is 2. The fraction of sp³-hybridized carbons (Fsp3) is 0.690. The SMILES string of the molecule is COc1cc(F)c(OC2CCC(/C(=N/N)NN)CC2)cc1C(=O)NC1C2CCC(C2)C1C(=O)NCC1(C)CCC1. The van der Waals surface area contributed by atoms with Gasteiger partial charge in [0.15, 0.2) is 11.6 Å². The van der Waals surface area contributed by atoms with E-state index in [-0.39, 0.29) is 70.1 Å². The lowest BCUT2D eigenvalue weighted by atomic mass is 9.70.